The largest absolute Gasteiger partial charge is 0.306 e. The number of aryl methyl sites for hydroxylation is 10. The van der Waals surface area contributed by atoms with Gasteiger partial charge in [-0.05, 0) is 107 Å². The minimum Gasteiger partial charge on any atom is -0.264 e. The highest BCUT2D eigenvalue weighted by Crippen LogP contribution is 2.11. The fraction of sp³-hybridized carbons (Fsp3) is 0.462. The van der Waals surface area contributed by atoms with Crippen LogP contribution in [0.5, 0.6) is 0 Å². The molecule has 0 saturated carbocycles. The summed E-state index contributed by atoms with van der Waals surface area (Å²) in [6.07, 6.45) is 30.0. The van der Waals surface area contributed by atoms with Gasteiger partial charge in [0.2, 0.25) is 31.6 Å². The van der Waals surface area contributed by atoms with Crippen LogP contribution in [0.25, 0.3) is 28.4 Å². The van der Waals surface area contributed by atoms with Crippen LogP contribution in [0.2, 0.25) is 0 Å². The summed E-state index contributed by atoms with van der Waals surface area (Å²) in [5, 5.41) is 0. The van der Waals surface area contributed by atoms with Crippen molar-refractivity contribution in [1.29, 1.82) is 0 Å². The number of hydrogen-bond donors (Lipinski definition) is 0. The first-order valence-electron chi connectivity index (χ1n) is 30.4. The molecule has 10 aromatic rings. The number of para-hydroxylation sites is 1. The Labute approximate surface area is 514 Å². The molecular weight excluding hydrogens is 1060 g/mol. The van der Waals surface area contributed by atoms with Crippen LogP contribution in [0, 0.1) is 34.6 Å². The van der Waals surface area contributed by atoms with Gasteiger partial charge in [-0.3, -0.25) is 15.0 Å². The van der Waals surface area contributed by atoms with Crippen molar-refractivity contribution in [2.24, 2.45) is 35.2 Å². The van der Waals surface area contributed by atoms with E-state index >= 15 is 0 Å². The third kappa shape index (κ3) is 30.0. The second-order valence-electron chi connectivity index (χ2n) is 14.7. The summed E-state index contributed by atoms with van der Waals surface area (Å²) in [4.78, 5) is 40.6. The van der Waals surface area contributed by atoms with E-state index in [2.05, 4.69) is 75.8 Å². The first kappa shape index (κ1) is 85.2. The van der Waals surface area contributed by atoms with Gasteiger partial charge in [0, 0.05) is 24.8 Å². The fourth-order valence-corrected chi connectivity index (χ4v) is 6.36. The lowest BCUT2D eigenvalue weighted by molar-refractivity contribution is -0.745. The average Bonchev–Trinajstić information content (AvgIpc) is 4.60. The lowest BCUT2D eigenvalue weighted by Crippen LogP contribution is -2.37. The highest BCUT2D eigenvalue weighted by Gasteiger charge is 2.11. The van der Waals surface area contributed by atoms with Crippen molar-refractivity contribution in [2.75, 3.05) is 0 Å². The topological polar surface area (TPSA) is 173 Å². The Bertz CT molecular complexity index is 2580. The van der Waals surface area contributed by atoms with Crippen LogP contribution in [-0.2, 0) is 35.2 Å². The van der Waals surface area contributed by atoms with Crippen LogP contribution in [0.1, 0.15) is 167 Å². The number of rotatable bonds is 5. The third-order valence-corrected chi connectivity index (χ3v) is 9.96. The Kier molecular flexibility index (Phi) is 56.1. The third-order valence-electron chi connectivity index (χ3n) is 9.96. The van der Waals surface area contributed by atoms with Crippen LogP contribution in [0.4, 0.5) is 0 Å². The fourth-order valence-electron chi connectivity index (χ4n) is 6.36. The molecule has 1 aromatic carbocycles. The predicted octanol–water partition coefficient (Wildman–Crippen LogP) is 12.3. The second kappa shape index (κ2) is 56.0. The minimum absolute atomic E-state index is 0.934. The Balaban J connectivity index is -0.000000291. The molecular formula is C65H115N20+5. The van der Waals surface area contributed by atoms with E-state index in [0.29, 0.717) is 0 Å². The van der Waals surface area contributed by atoms with E-state index in [-0.39, 0.29) is 0 Å². The highest BCUT2D eigenvalue weighted by atomic mass is 15.4. The summed E-state index contributed by atoms with van der Waals surface area (Å²) in [6, 6.07) is 16.1. The van der Waals surface area contributed by atoms with Gasteiger partial charge in [0.05, 0.1) is 35.2 Å². The molecule has 85 heavy (non-hydrogen) atoms. The number of pyridine rings is 3. The number of aromatic nitrogens is 20. The molecule has 0 radical (unpaired) electrons. The molecule has 0 saturated heterocycles. The van der Waals surface area contributed by atoms with Gasteiger partial charge in [-0.2, -0.15) is 23.4 Å². The van der Waals surface area contributed by atoms with Crippen molar-refractivity contribution in [1.82, 2.24) is 73.2 Å². The SMILES string of the molecule is CC.CC.CC.CC.CC.CC.CC.CC.CC.CC.Cc1ccccc1-n1cnc[n+]1C.Cc1ccncc1-n1cnc[n+]1C.Cc1cnccc1-n1cnc[n+]1C.Cc1ncccc1-n1cnc[n+]1C.Cc1ncncc1-n1cnc[n+]1C. The van der Waals surface area contributed by atoms with Gasteiger partial charge in [0.15, 0.2) is 0 Å². The van der Waals surface area contributed by atoms with Gasteiger partial charge >= 0.3 is 31.6 Å². The maximum Gasteiger partial charge on any atom is 0.306 e. The zero-order chi connectivity index (χ0) is 66.3. The van der Waals surface area contributed by atoms with Gasteiger partial charge < -0.3 is 0 Å². The molecule has 0 aliphatic rings. The van der Waals surface area contributed by atoms with E-state index in [1.165, 1.54) is 23.1 Å². The second-order valence-corrected chi connectivity index (χ2v) is 14.7. The van der Waals surface area contributed by atoms with Crippen molar-refractivity contribution in [3.63, 3.8) is 0 Å². The lowest BCUT2D eigenvalue weighted by Gasteiger charge is -2.03. The molecule has 0 unspecified atom stereocenters. The van der Waals surface area contributed by atoms with E-state index in [9.17, 15) is 0 Å². The Morgan fingerprint density at radius 3 is 0.953 bits per heavy atom. The summed E-state index contributed by atoms with van der Waals surface area (Å²) >= 11 is 0. The van der Waals surface area contributed by atoms with Crippen molar-refractivity contribution in [2.45, 2.75) is 173 Å². The maximum atomic E-state index is 4.21. The standard InChI is InChI=1S/C10H12N3.3C9H11N4.C8H10N5.10C2H6/c1-9-5-3-4-6-10(9)13-8-11-7-12(13)2;1-8-5-10-4-3-9(8)13-7-11-6-12(13)2;1-8-3-4-10-5-9(8)13-7-11-6-12(13)2;1-8-9(4-3-5-11-8)13-7-10-6-12(13)2;1-7-8(3-9-4-11-7)13-6-10-5-12(13)2;10*1-2/h3-8H,1-2H3;3*3-7H,1-2H3;3-6H,1-2H3;10*1-2H3/q5*+1;;;;;;;;;;. The summed E-state index contributed by atoms with van der Waals surface area (Å²) in [5.41, 5.74) is 10.8. The molecule has 0 bridgehead atoms. The molecule has 0 amide bonds. The predicted molar refractivity (Wildman–Crippen MR) is 350 cm³/mol. The van der Waals surface area contributed by atoms with Gasteiger partial charge in [0.1, 0.15) is 58.6 Å². The highest BCUT2D eigenvalue weighted by molar-refractivity contribution is 5.38. The van der Waals surface area contributed by atoms with Crippen molar-refractivity contribution in [3.8, 4) is 28.4 Å². The van der Waals surface area contributed by atoms with Crippen LogP contribution in [0.15, 0.2) is 155 Å². The maximum absolute atomic E-state index is 4.21. The molecule has 0 aliphatic heterocycles. The molecule has 0 spiro atoms. The normalized spacial score (nSPS) is 8.59. The van der Waals surface area contributed by atoms with Crippen molar-refractivity contribution in [3.05, 3.63) is 183 Å². The minimum atomic E-state index is 0.934. The monoisotopic (exact) mass is 1180 g/mol. The molecule has 10 rings (SSSR count). The zero-order valence-electron chi connectivity index (χ0n) is 58.4. The Morgan fingerprint density at radius 2 is 0.588 bits per heavy atom. The van der Waals surface area contributed by atoms with Crippen LogP contribution in [0.3, 0.4) is 0 Å². The molecule has 0 atom stereocenters. The summed E-state index contributed by atoms with van der Waals surface area (Å²) in [6.45, 7) is 50.1. The summed E-state index contributed by atoms with van der Waals surface area (Å²) < 4.78 is 19.3. The van der Waals surface area contributed by atoms with Crippen molar-refractivity contribution < 1.29 is 23.4 Å². The van der Waals surface area contributed by atoms with E-state index in [1.54, 1.807) is 81.7 Å². The zero-order valence-corrected chi connectivity index (χ0v) is 58.4. The van der Waals surface area contributed by atoms with E-state index < -0.39 is 0 Å². The Hall–Kier alpha value is -8.55. The van der Waals surface area contributed by atoms with E-state index in [1.807, 2.05) is 296 Å². The molecule has 20 heteroatoms. The van der Waals surface area contributed by atoms with Crippen LogP contribution < -0.4 is 23.4 Å². The number of nitrogens with zero attached hydrogens (tertiary/aromatic N) is 20. The smallest absolute Gasteiger partial charge is 0.264 e. The molecule has 0 N–H and O–H groups in total. The van der Waals surface area contributed by atoms with Crippen LogP contribution >= 0.6 is 0 Å². The average molecular weight is 1180 g/mol. The first-order valence-corrected chi connectivity index (χ1v) is 30.4. The molecule has 470 valence electrons. The Morgan fingerprint density at radius 1 is 0.271 bits per heavy atom. The number of benzene rings is 1. The van der Waals surface area contributed by atoms with Crippen LogP contribution in [-0.4, -0.2) is 73.2 Å². The molecule has 9 heterocycles. The van der Waals surface area contributed by atoms with Crippen molar-refractivity contribution >= 4 is 0 Å². The van der Waals surface area contributed by atoms with Gasteiger partial charge in [-0.25, -0.2) is 9.97 Å². The van der Waals surface area contributed by atoms with Gasteiger partial charge in [-0.1, -0.05) is 157 Å². The molecule has 9 aromatic heterocycles. The van der Waals surface area contributed by atoms with E-state index in [0.717, 1.165) is 39.7 Å². The molecule has 20 nitrogen and oxygen atoms in total. The number of hydrogen-bond acceptors (Lipinski definition) is 10. The quantitative estimate of drug-likeness (QED) is 0.151. The van der Waals surface area contributed by atoms with E-state index in [4.69, 9.17) is 0 Å². The summed E-state index contributed by atoms with van der Waals surface area (Å²) in [5.74, 6) is 0. The lowest BCUT2D eigenvalue weighted by atomic mass is 10.2. The molecule has 0 fully saturated rings. The molecule has 0 aliphatic carbocycles. The first-order chi connectivity index (χ1) is 41.4. The van der Waals surface area contributed by atoms with Gasteiger partial charge in [-0.15, -0.1) is 23.4 Å². The summed E-state index contributed by atoms with van der Waals surface area (Å²) in [7, 11) is 9.73. The van der Waals surface area contributed by atoms with Gasteiger partial charge in [0.25, 0.3) is 0 Å².